The number of carbonyl (C=O) groups is 1. The van der Waals surface area contributed by atoms with Crippen molar-refractivity contribution in [3.63, 3.8) is 0 Å². The lowest BCUT2D eigenvalue weighted by Crippen LogP contribution is -2.49. The number of halogens is 3. The molecule has 0 radical (unpaired) electrons. The number of aryl methyl sites for hydroxylation is 1. The third-order valence-electron chi connectivity index (χ3n) is 6.55. The molecule has 174 valence electrons. The average Bonchev–Trinajstić information content (AvgIpc) is 2.75. The van der Waals surface area contributed by atoms with E-state index in [1.807, 2.05) is 19.1 Å². The fraction of sp³-hybridized carbons (Fsp3) is 0.520. The van der Waals surface area contributed by atoms with Gasteiger partial charge in [-0.2, -0.15) is 13.2 Å². The van der Waals surface area contributed by atoms with E-state index in [-0.39, 0.29) is 24.6 Å². The van der Waals surface area contributed by atoms with Gasteiger partial charge in [-0.05, 0) is 76.4 Å². The molecule has 1 aliphatic heterocycles. The van der Waals surface area contributed by atoms with Crippen molar-refractivity contribution in [2.75, 3.05) is 19.7 Å². The Morgan fingerprint density at radius 3 is 2.50 bits per heavy atom. The molecule has 3 rings (SSSR count). The van der Waals surface area contributed by atoms with Gasteiger partial charge >= 0.3 is 12.1 Å². The topological polar surface area (TPSA) is 42.4 Å². The van der Waals surface area contributed by atoms with Gasteiger partial charge in [0.15, 0.2) is 0 Å². The van der Waals surface area contributed by atoms with Crippen LogP contribution in [0, 0.1) is 12.3 Å². The molecular formula is C25H31F3N2O2. The van der Waals surface area contributed by atoms with Crippen LogP contribution >= 0.6 is 0 Å². The Morgan fingerprint density at radius 1 is 1.19 bits per heavy atom. The quantitative estimate of drug-likeness (QED) is 0.544. The molecule has 0 aliphatic carbocycles. The Hall–Kier alpha value is -2.41. The predicted molar refractivity (Wildman–Crippen MR) is 117 cm³/mol. The van der Waals surface area contributed by atoms with Crippen molar-refractivity contribution in [1.29, 1.82) is 0 Å². The monoisotopic (exact) mass is 448 g/mol. The number of aromatic nitrogens is 1. The van der Waals surface area contributed by atoms with Gasteiger partial charge < -0.3 is 9.64 Å². The molecular weight excluding hydrogens is 417 g/mol. The van der Waals surface area contributed by atoms with Gasteiger partial charge in [0.1, 0.15) is 0 Å². The maximum Gasteiger partial charge on any atom is 0.416 e. The van der Waals surface area contributed by atoms with E-state index in [0.717, 1.165) is 23.7 Å². The minimum Gasteiger partial charge on any atom is -0.466 e. The molecule has 32 heavy (non-hydrogen) atoms. The SMILES string of the molecule is CCOC(=O)C1(Cc2ccccc2C(F)(F)F)CCN([C@H](C)Cc2ncccc2C)CC1. The summed E-state index contributed by atoms with van der Waals surface area (Å²) >= 11 is 0. The number of ether oxygens (including phenoxy) is 1. The third kappa shape index (κ3) is 5.49. The zero-order valence-corrected chi connectivity index (χ0v) is 18.9. The van der Waals surface area contributed by atoms with Crippen molar-refractivity contribution < 1.29 is 22.7 Å². The summed E-state index contributed by atoms with van der Waals surface area (Å²) in [6, 6.07) is 9.70. The molecule has 1 aromatic carbocycles. The van der Waals surface area contributed by atoms with Crippen LogP contribution in [0.3, 0.4) is 0 Å². The molecule has 0 N–H and O–H groups in total. The number of pyridine rings is 1. The van der Waals surface area contributed by atoms with Crippen LogP contribution in [0.25, 0.3) is 0 Å². The van der Waals surface area contributed by atoms with Gasteiger partial charge in [-0.3, -0.25) is 9.78 Å². The third-order valence-corrected chi connectivity index (χ3v) is 6.55. The van der Waals surface area contributed by atoms with E-state index in [9.17, 15) is 18.0 Å². The first-order chi connectivity index (χ1) is 15.2. The van der Waals surface area contributed by atoms with Gasteiger partial charge in [-0.15, -0.1) is 0 Å². The second kappa shape index (κ2) is 10.0. The van der Waals surface area contributed by atoms with E-state index in [4.69, 9.17) is 4.74 Å². The lowest BCUT2D eigenvalue weighted by Gasteiger charge is -2.42. The van der Waals surface area contributed by atoms with E-state index in [2.05, 4.69) is 16.8 Å². The van der Waals surface area contributed by atoms with Crippen molar-refractivity contribution in [2.45, 2.75) is 58.7 Å². The number of carbonyl (C=O) groups excluding carboxylic acids is 1. The lowest BCUT2D eigenvalue weighted by atomic mass is 9.72. The predicted octanol–water partition coefficient (Wildman–Crippen LogP) is 5.23. The molecule has 0 spiro atoms. The highest BCUT2D eigenvalue weighted by molar-refractivity contribution is 5.77. The number of esters is 1. The summed E-state index contributed by atoms with van der Waals surface area (Å²) in [4.78, 5) is 19.7. The second-order valence-corrected chi connectivity index (χ2v) is 8.69. The minimum absolute atomic E-state index is 0.0308. The molecule has 7 heteroatoms. The lowest BCUT2D eigenvalue weighted by molar-refractivity contribution is -0.159. The van der Waals surface area contributed by atoms with E-state index in [0.29, 0.717) is 25.9 Å². The number of benzene rings is 1. The van der Waals surface area contributed by atoms with Crippen LogP contribution in [0.1, 0.15) is 49.1 Å². The van der Waals surface area contributed by atoms with Gasteiger partial charge in [0, 0.05) is 24.4 Å². The number of hydrogen-bond donors (Lipinski definition) is 0. The zero-order chi connectivity index (χ0) is 23.4. The second-order valence-electron chi connectivity index (χ2n) is 8.69. The van der Waals surface area contributed by atoms with Crippen LogP contribution in [0.15, 0.2) is 42.6 Å². The molecule has 1 atom stereocenters. The first-order valence-corrected chi connectivity index (χ1v) is 11.1. The van der Waals surface area contributed by atoms with Crippen molar-refractivity contribution in [3.8, 4) is 0 Å². The van der Waals surface area contributed by atoms with E-state index >= 15 is 0 Å². The number of likely N-dealkylation sites (tertiary alicyclic amines) is 1. The van der Waals surface area contributed by atoms with E-state index < -0.39 is 23.1 Å². The maximum atomic E-state index is 13.6. The van der Waals surface area contributed by atoms with Gasteiger partial charge in [-0.25, -0.2) is 0 Å². The number of nitrogens with zero attached hydrogens (tertiary/aromatic N) is 2. The molecule has 1 saturated heterocycles. The van der Waals surface area contributed by atoms with Gasteiger partial charge in [0.25, 0.3) is 0 Å². The molecule has 1 aromatic heterocycles. The summed E-state index contributed by atoms with van der Waals surface area (Å²) in [5.41, 5.74) is 0.709. The van der Waals surface area contributed by atoms with Gasteiger partial charge in [-0.1, -0.05) is 24.3 Å². The van der Waals surface area contributed by atoms with E-state index in [1.54, 1.807) is 19.2 Å². The van der Waals surface area contributed by atoms with Crippen LogP contribution in [-0.2, 0) is 28.5 Å². The normalized spacial score (nSPS) is 17.7. The van der Waals surface area contributed by atoms with Crippen molar-refractivity contribution >= 4 is 5.97 Å². The molecule has 0 amide bonds. The highest BCUT2D eigenvalue weighted by Crippen LogP contribution is 2.41. The summed E-state index contributed by atoms with van der Waals surface area (Å²) in [7, 11) is 0. The maximum absolute atomic E-state index is 13.6. The van der Waals surface area contributed by atoms with Crippen LogP contribution in [0.4, 0.5) is 13.2 Å². The van der Waals surface area contributed by atoms with E-state index in [1.165, 1.54) is 12.1 Å². The largest absolute Gasteiger partial charge is 0.466 e. The van der Waals surface area contributed by atoms with Crippen LogP contribution < -0.4 is 0 Å². The van der Waals surface area contributed by atoms with Crippen LogP contribution in [0.2, 0.25) is 0 Å². The van der Waals surface area contributed by atoms with Crippen molar-refractivity contribution in [3.05, 3.63) is 65.0 Å². The van der Waals surface area contributed by atoms with Crippen LogP contribution in [0.5, 0.6) is 0 Å². The average molecular weight is 449 g/mol. The molecule has 0 saturated carbocycles. The van der Waals surface area contributed by atoms with Gasteiger partial charge in [0.05, 0.1) is 17.6 Å². The van der Waals surface area contributed by atoms with Crippen LogP contribution in [-0.4, -0.2) is 41.6 Å². The Kier molecular flexibility index (Phi) is 7.59. The number of alkyl halides is 3. The van der Waals surface area contributed by atoms with Crippen molar-refractivity contribution in [1.82, 2.24) is 9.88 Å². The molecule has 4 nitrogen and oxygen atoms in total. The number of piperidine rings is 1. The molecule has 1 fully saturated rings. The summed E-state index contributed by atoms with van der Waals surface area (Å²) in [5, 5.41) is 0. The zero-order valence-electron chi connectivity index (χ0n) is 18.9. The highest BCUT2D eigenvalue weighted by atomic mass is 19.4. The Labute approximate surface area is 187 Å². The number of hydrogen-bond acceptors (Lipinski definition) is 4. The Morgan fingerprint density at radius 2 is 1.88 bits per heavy atom. The molecule has 0 unspecified atom stereocenters. The number of rotatable bonds is 7. The minimum atomic E-state index is -4.46. The highest BCUT2D eigenvalue weighted by Gasteiger charge is 2.45. The fourth-order valence-corrected chi connectivity index (χ4v) is 4.59. The molecule has 1 aliphatic rings. The molecule has 2 heterocycles. The molecule has 0 bridgehead atoms. The summed E-state index contributed by atoms with van der Waals surface area (Å²) in [6.45, 7) is 7.35. The molecule has 2 aromatic rings. The first-order valence-electron chi connectivity index (χ1n) is 11.1. The standard InChI is InChI=1S/C25H31F3N2O2/c1-4-32-23(31)24(17-20-9-5-6-10-21(20)25(26,27)28)11-14-30(15-12-24)19(3)16-22-18(2)8-7-13-29-22/h5-10,13,19H,4,11-12,14-17H2,1-3H3/t19-/m1/s1. The Bertz CT molecular complexity index is 921. The van der Waals surface area contributed by atoms with Gasteiger partial charge in [0.2, 0.25) is 0 Å². The summed E-state index contributed by atoms with van der Waals surface area (Å²) in [6.07, 6.45) is -0.927. The fourth-order valence-electron chi connectivity index (χ4n) is 4.59. The van der Waals surface area contributed by atoms with Crippen molar-refractivity contribution in [2.24, 2.45) is 5.41 Å². The summed E-state index contributed by atoms with van der Waals surface area (Å²) in [5.74, 6) is -0.398. The first kappa shape index (κ1) is 24.2. The summed E-state index contributed by atoms with van der Waals surface area (Å²) < 4.78 is 46.0. The smallest absolute Gasteiger partial charge is 0.416 e. The Balaban J connectivity index is 1.77.